The van der Waals surface area contributed by atoms with E-state index >= 15 is 8.78 Å². The highest BCUT2D eigenvalue weighted by Gasteiger charge is 2.23. The molecule has 0 saturated heterocycles. The highest BCUT2D eigenvalue weighted by Crippen LogP contribution is 2.34. The zero-order chi connectivity index (χ0) is 34.0. The van der Waals surface area contributed by atoms with Crippen molar-refractivity contribution in [2.24, 2.45) is 5.92 Å². The van der Waals surface area contributed by atoms with Gasteiger partial charge in [-0.15, -0.1) is 0 Å². The summed E-state index contributed by atoms with van der Waals surface area (Å²) in [5.74, 6) is -1.62. The Bertz CT molecular complexity index is 1620. The van der Waals surface area contributed by atoms with Crippen molar-refractivity contribution in [1.29, 1.82) is 0 Å². The van der Waals surface area contributed by atoms with Crippen molar-refractivity contribution >= 4 is 19.2 Å². The van der Waals surface area contributed by atoms with Gasteiger partial charge in [-0.3, -0.25) is 4.79 Å². The van der Waals surface area contributed by atoms with Crippen molar-refractivity contribution in [3.05, 3.63) is 96.1 Å². The number of ether oxygens (including phenoxy) is 2. The molecule has 0 spiro atoms. The van der Waals surface area contributed by atoms with Gasteiger partial charge in [-0.1, -0.05) is 125 Å². The number of hydrogen-bond acceptors (Lipinski definition) is 4. The van der Waals surface area contributed by atoms with Gasteiger partial charge in [0.25, 0.3) is 0 Å². The molecule has 0 heterocycles. The average molecular weight is 659 g/mol. The second-order valence-electron chi connectivity index (χ2n) is 13.1. The summed E-state index contributed by atoms with van der Waals surface area (Å²) < 4.78 is 42.5. The van der Waals surface area contributed by atoms with Crippen LogP contribution in [-0.4, -0.2) is 32.4 Å². The highest BCUT2D eigenvalue weighted by molar-refractivity contribution is 6.89. The largest absolute Gasteiger partial charge is 0.493 e. The summed E-state index contributed by atoms with van der Waals surface area (Å²) in [6.45, 7) is 11.2. The molecule has 0 aliphatic heterocycles. The number of aliphatic hydroxyl groups is 1. The predicted molar refractivity (Wildman–Crippen MR) is 191 cm³/mol. The minimum Gasteiger partial charge on any atom is -0.493 e. The van der Waals surface area contributed by atoms with Crippen LogP contribution in [0.25, 0.3) is 33.4 Å². The van der Waals surface area contributed by atoms with Gasteiger partial charge in [0.05, 0.1) is 20.6 Å². The molecule has 0 bridgehead atoms. The Kier molecular flexibility index (Phi) is 12.9. The number of benzene rings is 4. The molecule has 4 nitrogen and oxygen atoms in total. The smallest absolute Gasteiger partial charge is 0.308 e. The molecule has 7 heteroatoms. The Morgan fingerprint density at radius 2 is 1.34 bits per heavy atom. The predicted octanol–water partition coefficient (Wildman–Crippen LogP) is 9.92. The van der Waals surface area contributed by atoms with Crippen LogP contribution in [0.1, 0.15) is 58.4 Å². The Balaban J connectivity index is 1.54. The second kappa shape index (κ2) is 16.8. The molecule has 4 rings (SSSR count). The number of carbonyl (C=O) groups is 1. The molecule has 0 fully saturated rings. The third-order valence-corrected chi connectivity index (χ3v) is 12.2. The van der Waals surface area contributed by atoms with Gasteiger partial charge in [-0.2, -0.15) is 0 Å². The van der Waals surface area contributed by atoms with Crippen molar-refractivity contribution < 1.29 is 28.2 Å². The first-order chi connectivity index (χ1) is 22.6. The normalized spacial score (nSPS) is 11.6. The van der Waals surface area contributed by atoms with E-state index in [1.807, 2.05) is 42.5 Å². The Labute approximate surface area is 279 Å². The Morgan fingerprint density at radius 3 is 1.91 bits per heavy atom. The number of halogens is 2. The minimum absolute atomic E-state index is 0.0764. The molecular formula is C40H48F2O4Si. The van der Waals surface area contributed by atoms with E-state index in [9.17, 15) is 4.79 Å². The maximum Gasteiger partial charge on any atom is 0.308 e. The molecule has 4 aromatic rings. The van der Waals surface area contributed by atoms with Crippen LogP contribution in [-0.2, 0) is 16.1 Å². The van der Waals surface area contributed by atoms with Crippen molar-refractivity contribution in [1.82, 2.24) is 0 Å². The number of hydrogen-bond donors (Lipinski definition) is 1. The summed E-state index contributed by atoms with van der Waals surface area (Å²) >= 11 is 0. The van der Waals surface area contributed by atoms with E-state index in [2.05, 4.69) is 32.2 Å². The molecular weight excluding hydrogens is 611 g/mol. The maximum absolute atomic E-state index is 15.5. The molecule has 0 radical (unpaired) electrons. The molecule has 0 aromatic heterocycles. The van der Waals surface area contributed by atoms with Gasteiger partial charge in [0.1, 0.15) is 12.4 Å². The van der Waals surface area contributed by atoms with Crippen LogP contribution in [0.2, 0.25) is 19.1 Å². The molecule has 0 saturated carbocycles. The zero-order valence-electron chi connectivity index (χ0n) is 28.4. The van der Waals surface area contributed by atoms with Crippen molar-refractivity contribution in [2.45, 2.75) is 78.6 Å². The van der Waals surface area contributed by atoms with Gasteiger partial charge in [0.15, 0.2) is 11.6 Å². The molecule has 0 aliphatic carbocycles. The van der Waals surface area contributed by atoms with Crippen molar-refractivity contribution in [3.63, 3.8) is 0 Å². The van der Waals surface area contributed by atoms with Crippen LogP contribution in [0, 0.1) is 17.6 Å². The average Bonchev–Trinajstić information content (AvgIpc) is 3.07. The number of aliphatic hydroxyl groups excluding tert-OH is 1. The van der Waals surface area contributed by atoms with E-state index in [1.54, 1.807) is 38.1 Å². The lowest BCUT2D eigenvalue weighted by Gasteiger charge is -2.23. The van der Waals surface area contributed by atoms with Crippen LogP contribution in [0.5, 0.6) is 5.75 Å². The van der Waals surface area contributed by atoms with Gasteiger partial charge in [0.2, 0.25) is 0 Å². The number of rotatable bonds is 16. The molecule has 47 heavy (non-hydrogen) atoms. The minimum atomic E-state index is -1.56. The van der Waals surface area contributed by atoms with E-state index in [1.165, 1.54) is 24.1 Å². The lowest BCUT2D eigenvalue weighted by atomic mass is 9.96. The number of esters is 1. The third kappa shape index (κ3) is 9.39. The summed E-state index contributed by atoms with van der Waals surface area (Å²) in [6, 6.07) is 25.5. The zero-order valence-corrected chi connectivity index (χ0v) is 29.4. The van der Waals surface area contributed by atoms with E-state index in [0.29, 0.717) is 23.5 Å². The fraction of sp³-hybridized carbons (Fsp3) is 0.375. The van der Waals surface area contributed by atoms with Crippen LogP contribution >= 0.6 is 0 Å². The molecule has 0 unspecified atom stereocenters. The van der Waals surface area contributed by atoms with Crippen LogP contribution in [0.3, 0.4) is 0 Å². The van der Waals surface area contributed by atoms with Crippen LogP contribution in [0.15, 0.2) is 78.9 Å². The maximum atomic E-state index is 15.5. The first kappa shape index (κ1) is 36.0. The van der Waals surface area contributed by atoms with E-state index in [4.69, 9.17) is 14.6 Å². The van der Waals surface area contributed by atoms with Gasteiger partial charge >= 0.3 is 5.97 Å². The van der Waals surface area contributed by atoms with Gasteiger partial charge < -0.3 is 14.6 Å². The molecule has 250 valence electrons. The van der Waals surface area contributed by atoms with Gasteiger partial charge in [-0.25, -0.2) is 8.78 Å². The molecule has 0 atom stereocenters. The summed E-state index contributed by atoms with van der Waals surface area (Å²) in [4.78, 5) is 12.2. The fourth-order valence-corrected chi connectivity index (χ4v) is 8.20. The summed E-state index contributed by atoms with van der Waals surface area (Å²) in [5.41, 5.74) is 4.20. The van der Waals surface area contributed by atoms with E-state index in [0.717, 1.165) is 36.0 Å². The number of unbranched alkanes of at least 4 members (excludes halogenated alkanes) is 3. The molecule has 4 aromatic carbocycles. The summed E-state index contributed by atoms with van der Waals surface area (Å²) in [5, 5.41) is 10.3. The Morgan fingerprint density at radius 1 is 0.766 bits per heavy atom. The van der Waals surface area contributed by atoms with E-state index in [-0.39, 0.29) is 36.2 Å². The summed E-state index contributed by atoms with van der Waals surface area (Å²) in [7, 11) is -1.56. The van der Waals surface area contributed by atoms with Crippen molar-refractivity contribution in [2.75, 3.05) is 13.2 Å². The highest BCUT2D eigenvalue weighted by atomic mass is 28.3. The quantitative estimate of drug-likeness (QED) is 0.0740. The molecule has 0 aliphatic rings. The lowest BCUT2D eigenvalue weighted by molar-refractivity contribution is -0.148. The monoisotopic (exact) mass is 658 g/mol. The van der Waals surface area contributed by atoms with Crippen LogP contribution < -0.4 is 9.92 Å². The fourth-order valence-electron chi connectivity index (χ4n) is 5.60. The first-order valence-corrected chi connectivity index (χ1v) is 20.0. The standard InChI is InChI=1S/C40H48F2O4Si/c1-6-7-25-47(4,5)34-18-15-31(16-19-34)36-21-20-35(38(41)39(36)42)30-13-11-29(12-14-30)32-17-22-37(45-24-10-8-9-23-43)33(26-32)27-46-40(44)28(2)3/h11-22,26,28,43H,6-10,23-25,27H2,1-5H3. The van der Waals surface area contributed by atoms with Crippen molar-refractivity contribution in [3.8, 4) is 39.1 Å². The Hall–Kier alpha value is -3.81. The molecule has 1 N–H and O–H groups in total. The first-order valence-electron chi connectivity index (χ1n) is 16.8. The SMILES string of the molecule is CCCC[Si](C)(C)c1ccc(-c2ccc(-c3ccc(-c4ccc(OCCCCCO)c(COC(=O)C(C)C)c4)cc3)c(F)c2F)cc1. The second-order valence-corrected chi connectivity index (χ2v) is 18.0. The van der Waals surface area contributed by atoms with E-state index < -0.39 is 19.7 Å². The molecule has 0 amide bonds. The number of carbonyl (C=O) groups excluding carboxylic acids is 1. The van der Waals surface area contributed by atoms with Gasteiger partial charge in [-0.05, 0) is 53.6 Å². The third-order valence-electron chi connectivity index (χ3n) is 8.71. The topological polar surface area (TPSA) is 55.8 Å². The summed E-state index contributed by atoms with van der Waals surface area (Å²) in [6.07, 6.45) is 4.76. The lowest BCUT2D eigenvalue weighted by Crippen LogP contribution is -2.40. The van der Waals surface area contributed by atoms with Gasteiger partial charge in [0, 0.05) is 23.3 Å². The van der Waals surface area contributed by atoms with Crippen LogP contribution in [0.4, 0.5) is 8.78 Å².